The Kier molecular flexibility index (Phi) is 2.86. The smallest absolute Gasteiger partial charge is 0.313 e. The first-order valence-electron chi connectivity index (χ1n) is 6.13. The van der Waals surface area contributed by atoms with Crippen molar-refractivity contribution in [2.75, 3.05) is 5.75 Å². The van der Waals surface area contributed by atoms with Gasteiger partial charge in [-0.25, -0.2) is 4.98 Å². The summed E-state index contributed by atoms with van der Waals surface area (Å²) in [6.45, 7) is 0. The molecule has 0 bridgehead atoms. The average molecular weight is 252 g/mol. The van der Waals surface area contributed by atoms with Gasteiger partial charge in [0.1, 0.15) is 0 Å². The van der Waals surface area contributed by atoms with Gasteiger partial charge in [-0.05, 0) is 37.5 Å². The molecule has 5 heteroatoms. The third-order valence-corrected chi connectivity index (χ3v) is 4.45. The van der Waals surface area contributed by atoms with Crippen LogP contribution in [-0.2, 0) is 4.79 Å². The second-order valence-electron chi connectivity index (χ2n) is 4.96. The summed E-state index contributed by atoms with van der Waals surface area (Å²) in [6.07, 6.45) is 9.10. The Bertz CT molecular complexity index is 412. The summed E-state index contributed by atoms with van der Waals surface area (Å²) in [5.74, 6) is 0.930. The Labute approximate surface area is 104 Å². The second-order valence-corrected chi connectivity index (χ2v) is 5.91. The molecule has 92 valence electrons. The maximum atomic E-state index is 10.6. The van der Waals surface area contributed by atoms with Crippen LogP contribution >= 0.6 is 11.8 Å². The van der Waals surface area contributed by atoms with Crippen LogP contribution in [0.25, 0.3) is 0 Å². The van der Waals surface area contributed by atoms with Gasteiger partial charge in [-0.2, -0.15) is 0 Å². The standard InChI is InChI=1S/C12H16N2O2S/c15-10(16)7-17-12-13-5-6-14(12)11(8-1-2-8)9-3-4-9/h5-6,8-9,11H,1-4,7H2,(H,15,16). The van der Waals surface area contributed by atoms with Gasteiger partial charge in [0.15, 0.2) is 5.16 Å². The van der Waals surface area contributed by atoms with Crippen molar-refractivity contribution in [3.63, 3.8) is 0 Å². The summed E-state index contributed by atoms with van der Waals surface area (Å²) in [4.78, 5) is 14.9. The molecule has 0 spiro atoms. The molecule has 0 saturated heterocycles. The van der Waals surface area contributed by atoms with Crippen LogP contribution in [-0.4, -0.2) is 26.4 Å². The van der Waals surface area contributed by atoms with Crippen LogP contribution in [0.4, 0.5) is 0 Å². The van der Waals surface area contributed by atoms with Gasteiger partial charge in [0.25, 0.3) is 0 Å². The number of thioether (sulfide) groups is 1. The molecule has 2 aliphatic carbocycles. The fraction of sp³-hybridized carbons (Fsp3) is 0.667. The lowest BCUT2D eigenvalue weighted by Crippen LogP contribution is -2.14. The van der Waals surface area contributed by atoms with Crippen molar-refractivity contribution in [3.05, 3.63) is 12.4 Å². The van der Waals surface area contributed by atoms with Crippen molar-refractivity contribution in [2.24, 2.45) is 11.8 Å². The highest BCUT2D eigenvalue weighted by molar-refractivity contribution is 7.99. The molecule has 0 atom stereocenters. The van der Waals surface area contributed by atoms with Crippen LogP contribution in [0.5, 0.6) is 0 Å². The van der Waals surface area contributed by atoms with Crippen molar-refractivity contribution in [2.45, 2.75) is 36.9 Å². The molecule has 2 saturated carbocycles. The average Bonchev–Trinajstić information content (AvgIpc) is 3.17. The van der Waals surface area contributed by atoms with Gasteiger partial charge < -0.3 is 9.67 Å². The fourth-order valence-electron chi connectivity index (χ4n) is 2.48. The largest absolute Gasteiger partial charge is 0.481 e. The Hall–Kier alpha value is -0.970. The monoisotopic (exact) mass is 252 g/mol. The number of hydrogen-bond acceptors (Lipinski definition) is 3. The van der Waals surface area contributed by atoms with E-state index in [-0.39, 0.29) is 5.75 Å². The van der Waals surface area contributed by atoms with E-state index in [1.54, 1.807) is 6.20 Å². The number of aliphatic carboxylic acids is 1. The summed E-state index contributed by atoms with van der Waals surface area (Å²) >= 11 is 1.33. The predicted octanol–water partition coefficient (Wildman–Crippen LogP) is 2.42. The topological polar surface area (TPSA) is 55.1 Å². The molecule has 0 unspecified atom stereocenters. The van der Waals surface area contributed by atoms with Gasteiger partial charge in [-0.15, -0.1) is 0 Å². The van der Waals surface area contributed by atoms with E-state index in [4.69, 9.17) is 5.11 Å². The Morgan fingerprint density at radius 2 is 2.12 bits per heavy atom. The first kappa shape index (κ1) is 11.1. The highest BCUT2D eigenvalue weighted by Crippen LogP contribution is 2.52. The number of imidazole rings is 1. The van der Waals surface area contributed by atoms with E-state index in [1.165, 1.54) is 37.4 Å². The normalized spacial score (nSPS) is 19.8. The molecule has 2 fully saturated rings. The first-order chi connectivity index (χ1) is 8.25. The van der Waals surface area contributed by atoms with Crippen molar-refractivity contribution in [3.8, 4) is 0 Å². The van der Waals surface area contributed by atoms with Crippen LogP contribution < -0.4 is 0 Å². The lowest BCUT2D eigenvalue weighted by Gasteiger charge is -2.19. The van der Waals surface area contributed by atoms with Crippen molar-refractivity contribution in [1.29, 1.82) is 0 Å². The summed E-state index contributed by atoms with van der Waals surface area (Å²) < 4.78 is 2.23. The lowest BCUT2D eigenvalue weighted by molar-refractivity contribution is -0.133. The SMILES string of the molecule is O=C(O)CSc1nccn1C(C1CC1)C1CC1. The zero-order valence-corrected chi connectivity index (χ0v) is 10.4. The molecule has 17 heavy (non-hydrogen) atoms. The van der Waals surface area contributed by atoms with E-state index in [1.807, 2.05) is 6.20 Å². The lowest BCUT2D eigenvalue weighted by atomic mass is 10.1. The number of carbonyl (C=O) groups is 1. The Morgan fingerprint density at radius 1 is 1.47 bits per heavy atom. The van der Waals surface area contributed by atoms with E-state index < -0.39 is 5.97 Å². The number of rotatable bonds is 6. The highest BCUT2D eigenvalue weighted by atomic mass is 32.2. The van der Waals surface area contributed by atoms with E-state index in [2.05, 4.69) is 9.55 Å². The van der Waals surface area contributed by atoms with Gasteiger partial charge in [0.05, 0.1) is 5.75 Å². The molecule has 0 amide bonds. The van der Waals surface area contributed by atoms with Gasteiger partial charge >= 0.3 is 5.97 Å². The van der Waals surface area contributed by atoms with Gasteiger partial charge in [0.2, 0.25) is 0 Å². The maximum absolute atomic E-state index is 10.6. The fourth-order valence-corrected chi connectivity index (χ4v) is 3.20. The van der Waals surface area contributed by atoms with Crippen LogP contribution in [0.3, 0.4) is 0 Å². The summed E-state index contributed by atoms with van der Waals surface area (Å²) in [6, 6.07) is 0.578. The number of nitrogens with zero attached hydrogens (tertiary/aromatic N) is 2. The third kappa shape index (κ3) is 2.49. The van der Waals surface area contributed by atoms with Crippen molar-refractivity contribution < 1.29 is 9.90 Å². The van der Waals surface area contributed by atoms with E-state index in [0.29, 0.717) is 6.04 Å². The molecule has 4 nitrogen and oxygen atoms in total. The molecule has 1 N–H and O–H groups in total. The van der Waals surface area contributed by atoms with Gasteiger partial charge in [0, 0.05) is 18.4 Å². The van der Waals surface area contributed by atoms with Gasteiger partial charge in [-0.1, -0.05) is 11.8 Å². The Balaban J connectivity index is 1.76. The molecule has 0 aliphatic heterocycles. The molecule has 3 rings (SSSR count). The molecule has 1 aromatic heterocycles. The molecular formula is C12H16N2O2S. The molecular weight excluding hydrogens is 236 g/mol. The summed E-state index contributed by atoms with van der Waals surface area (Å²) in [7, 11) is 0. The number of hydrogen-bond donors (Lipinski definition) is 1. The minimum absolute atomic E-state index is 0.0963. The number of carboxylic acid groups (broad SMARTS) is 1. The van der Waals surface area contributed by atoms with Crippen LogP contribution in [0.15, 0.2) is 17.6 Å². The molecule has 0 radical (unpaired) electrons. The number of carboxylic acids is 1. The number of aromatic nitrogens is 2. The summed E-state index contributed by atoms with van der Waals surface area (Å²) in [5.41, 5.74) is 0. The first-order valence-corrected chi connectivity index (χ1v) is 7.11. The quantitative estimate of drug-likeness (QED) is 0.790. The van der Waals surface area contributed by atoms with Crippen LogP contribution in [0.2, 0.25) is 0 Å². The van der Waals surface area contributed by atoms with Crippen LogP contribution in [0.1, 0.15) is 31.7 Å². The predicted molar refractivity (Wildman–Crippen MR) is 65.1 cm³/mol. The van der Waals surface area contributed by atoms with E-state index in [0.717, 1.165) is 17.0 Å². The van der Waals surface area contributed by atoms with E-state index in [9.17, 15) is 4.79 Å². The third-order valence-electron chi connectivity index (χ3n) is 3.49. The molecule has 2 aliphatic rings. The zero-order valence-electron chi connectivity index (χ0n) is 9.58. The van der Waals surface area contributed by atoms with Crippen molar-refractivity contribution >= 4 is 17.7 Å². The summed E-state index contributed by atoms with van der Waals surface area (Å²) in [5, 5.41) is 9.60. The molecule has 0 aromatic carbocycles. The molecule has 1 aromatic rings. The minimum atomic E-state index is -0.779. The zero-order chi connectivity index (χ0) is 11.8. The highest BCUT2D eigenvalue weighted by Gasteiger charge is 2.43. The molecule has 1 heterocycles. The van der Waals surface area contributed by atoms with Crippen LogP contribution in [0, 0.1) is 11.8 Å². The maximum Gasteiger partial charge on any atom is 0.313 e. The Morgan fingerprint density at radius 3 is 2.65 bits per heavy atom. The van der Waals surface area contributed by atoms with Gasteiger partial charge in [-0.3, -0.25) is 4.79 Å². The van der Waals surface area contributed by atoms with E-state index >= 15 is 0 Å². The van der Waals surface area contributed by atoms with Crippen molar-refractivity contribution in [1.82, 2.24) is 9.55 Å². The minimum Gasteiger partial charge on any atom is -0.481 e. The second kappa shape index (κ2) is 4.37.